The van der Waals surface area contributed by atoms with Crippen LogP contribution in [0.15, 0.2) is 106 Å². The number of benzene rings is 4. The molecular weight excluding hydrogens is 649 g/mol. The molecule has 1 atom stereocenters. The maximum Gasteiger partial charge on any atom is 0.272 e. The average Bonchev–Trinajstić information content (AvgIpc) is 3.02. The molecule has 0 heterocycles. The van der Waals surface area contributed by atoms with Gasteiger partial charge in [0.1, 0.15) is 23.0 Å². The molecule has 4 rings (SSSR count). The van der Waals surface area contributed by atoms with Crippen LogP contribution >= 0.6 is 27.7 Å². The molecule has 3 amide bonds. The molecule has 3 N–H and O–H groups in total. The molecule has 0 aromatic heterocycles. The van der Waals surface area contributed by atoms with Gasteiger partial charge in [0, 0.05) is 26.2 Å². The van der Waals surface area contributed by atoms with Crippen LogP contribution in [0.2, 0.25) is 0 Å². The molecule has 0 saturated heterocycles. The van der Waals surface area contributed by atoms with Crippen LogP contribution in [0.4, 0.5) is 15.8 Å². The van der Waals surface area contributed by atoms with Gasteiger partial charge in [-0.05, 0) is 79.7 Å². The van der Waals surface area contributed by atoms with Crippen molar-refractivity contribution >= 4 is 62.9 Å². The zero-order valence-electron chi connectivity index (χ0n) is 24.0. The van der Waals surface area contributed by atoms with Gasteiger partial charge in [-0.2, -0.15) is 0 Å². The number of hydrogen-bond donors (Lipinski definition) is 3. The molecule has 8 nitrogen and oxygen atoms in total. The Morgan fingerprint density at radius 1 is 0.886 bits per heavy atom. The molecule has 4 aromatic carbocycles. The van der Waals surface area contributed by atoms with Crippen LogP contribution in [0.3, 0.4) is 0 Å². The van der Waals surface area contributed by atoms with Crippen LogP contribution in [0, 0.1) is 5.82 Å². The summed E-state index contributed by atoms with van der Waals surface area (Å²) < 4.78 is 25.5. The van der Waals surface area contributed by atoms with E-state index in [1.807, 2.05) is 0 Å². The molecule has 0 bridgehead atoms. The highest BCUT2D eigenvalue weighted by molar-refractivity contribution is 9.10. The fourth-order valence-corrected chi connectivity index (χ4v) is 5.24. The molecule has 0 radical (unpaired) electrons. The van der Waals surface area contributed by atoms with Gasteiger partial charge >= 0.3 is 0 Å². The van der Waals surface area contributed by atoms with E-state index in [0.717, 1.165) is 0 Å². The molecule has 4 aromatic rings. The zero-order chi connectivity index (χ0) is 31.6. The molecule has 11 heteroatoms. The lowest BCUT2D eigenvalue weighted by Crippen LogP contribution is -2.30. The first kappa shape index (κ1) is 32.3. The summed E-state index contributed by atoms with van der Waals surface area (Å²) in [4.78, 5) is 40.0. The quantitative estimate of drug-likeness (QED) is 0.115. The number of nitrogens with one attached hydrogen (secondary N) is 3. The van der Waals surface area contributed by atoms with E-state index in [0.29, 0.717) is 37.7 Å². The number of carbonyl (C=O) groups excluding carboxylic acids is 3. The van der Waals surface area contributed by atoms with Crippen molar-refractivity contribution in [3.05, 3.63) is 118 Å². The smallest absolute Gasteiger partial charge is 0.272 e. The lowest BCUT2D eigenvalue weighted by atomic mass is 10.1. The van der Waals surface area contributed by atoms with Gasteiger partial charge in [0.2, 0.25) is 5.91 Å². The normalized spacial score (nSPS) is 11.7. The third kappa shape index (κ3) is 8.71. The summed E-state index contributed by atoms with van der Waals surface area (Å²) in [6.07, 6.45) is 1.50. The number of carbonyl (C=O) groups is 3. The third-order valence-electron chi connectivity index (χ3n) is 6.23. The number of amides is 3. The van der Waals surface area contributed by atoms with Gasteiger partial charge in [-0.3, -0.25) is 14.4 Å². The Morgan fingerprint density at radius 3 is 2.36 bits per heavy atom. The van der Waals surface area contributed by atoms with E-state index in [4.69, 9.17) is 9.47 Å². The number of hydrogen-bond acceptors (Lipinski definition) is 6. The summed E-state index contributed by atoms with van der Waals surface area (Å²) in [6, 6.07) is 24.9. The highest BCUT2D eigenvalue weighted by Gasteiger charge is 2.19. The van der Waals surface area contributed by atoms with Crippen molar-refractivity contribution in [3.8, 4) is 11.5 Å². The van der Waals surface area contributed by atoms with Gasteiger partial charge in [0.25, 0.3) is 11.8 Å². The van der Waals surface area contributed by atoms with Crippen molar-refractivity contribution in [2.45, 2.75) is 17.1 Å². The maximum absolute atomic E-state index is 14.2. The van der Waals surface area contributed by atoms with E-state index in [-0.39, 0.29) is 17.3 Å². The van der Waals surface area contributed by atoms with Crippen LogP contribution in [-0.2, 0) is 9.59 Å². The zero-order valence-corrected chi connectivity index (χ0v) is 26.4. The Labute approximate surface area is 267 Å². The molecule has 226 valence electrons. The summed E-state index contributed by atoms with van der Waals surface area (Å²) >= 11 is 4.44. The van der Waals surface area contributed by atoms with Crippen molar-refractivity contribution < 1.29 is 28.2 Å². The summed E-state index contributed by atoms with van der Waals surface area (Å²) in [5.41, 5.74) is 1.36. The summed E-state index contributed by atoms with van der Waals surface area (Å²) in [5.74, 6) is -0.982. The van der Waals surface area contributed by atoms with Crippen molar-refractivity contribution in [2.24, 2.45) is 0 Å². The fraction of sp³-hybridized carbons (Fsp3) is 0.121. The lowest BCUT2D eigenvalue weighted by molar-refractivity contribution is -0.115. The van der Waals surface area contributed by atoms with Gasteiger partial charge in [-0.25, -0.2) is 4.39 Å². The Bertz CT molecular complexity index is 1700. The Balaban J connectivity index is 1.54. The topological polar surface area (TPSA) is 106 Å². The molecule has 0 aliphatic heterocycles. The maximum atomic E-state index is 14.2. The van der Waals surface area contributed by atoms with E-state index >= 15 is 0 Å². The Hall–Kier alpha value is -4.61. The van der Waals surface area contributed by atoms with E-state index in [2.05, 4.69) is 31.9 Å². The molecule has 44 heavy (non-hydrogen) atoms. The molecule has 0 aliphatic rings. The summed E-state index contributed by atoms with van der Waals surface area (Å²) in [5, 5.41) is 7.55. The molecule has 0 spiro atoms. The van der Waals surface area contributed by atoms with Gasteiger partial charge in [0.05, 0.1) is 25.2 Å². The van der Waals surface area contributed by atoms with Gasteiger partial charge in [0.15, 0.2) is 0 Å². The number of rotatable bonds is 11. The second-order valence-electron chi connectivity index (χ2n) is 9.34. The van der Waals surface area contributed by atoms with Crippen molar-refractivity contribution in [2.75, 3.05) is 24.9 Å². The Morgan fingerprint density at radius 2 is 1.66 bits per heavy atom. The first-order valence-corrected chi connectivity index (χ1v) is 15.0. The third-order valence-corrected chi connectivity index (χ3v) is 7.82. The average molecular weight is 679 g/mol. The molecule has 0 fully saturated rings. The van der Waals surface area contributed by atoms with E-state index in [1.165, 1.54) is 44.2 Å². The minimum absolute atomic E-state index is 0.0345. The molecule has 0 saturated carbocycles. The lowest BCUT2D eigenvalue weighted by Gasteiger charge is -2.15. The minimum Gasteiger partial charge on any atom is -0.497 e. The predicted molar refractivity (Wildman–Crippen MR) is 175 cm³/mol. The first-order chi connectivity index (χ1) is 21.2. The standard InChI is InChI=1S/C33H29BrFN3O5S/c1-20(31(39)37-28-14-12-23(34)18-27(28)35)44-26-11-7-10-24(19-26)36-33(41)29(38-32(40)21-8-5-4-6-9-21)17-22-16-25(42-2)13-15-30(22)43-3/h4-20H,1-3H3,(H,36,41)(H,37,39)(H,38,40)/b29-17+. The first-order valence-electron chi connectivity index (χ1n) is 13.3. The monoisotopic (exact) mass is 677 g/mol. The predicted octanol–water partition coefficient (Wildman–Crippen LogP) is 7.13. The van der Waals surface area contributed by atoms with Crippen molar-refractivity contribution in [1.82, 2.24) is 5.32 Å². The number of methoxy groups -OCH3 is 2. The van der Waals surface area contributed by atoms with Crippen LogP contribution in [0.25, 0.3) is 6.08 Å². The number of ether oxygens (including phenoxy) is 2. The second-order valence-corrected chi connectivity index (χ2v) is 11.7. The SMILES string of the molecule is COc1ccc(OC)c(/C=C(/NC(=O)c2ccccc2)C(=O)Nc2cccc(SC(C)C(=O)Nc3ccc(Br)cc3F)c2)c1. The van der Waals surface area contributed by atoms with Gasteiger partial charge in [-0.1, -0.05) is 40.2 Å². The van der Waals surface area contributed by atoms with E-state index in [1.54, 1.807) is 85.8 Å². The number of anilines is 2. The van der Waals surface area contributed by atoms with Gasteiger partial charge < -0.3 is 25.4 Å². The van der Waals surface area contributed by atoms with Crippen LogP contribution in [0.1, 0.15) is 22.8 Å². The van der Waals surface area contributed by atoms with Gasteiger partial charge in [-0.15, -0.1) is 11.8 Å². The number of thioether (sulfide) groups is 1. The van der Waals surface area contributed by atoms with E-state index in [9.17, 15) is 18.8 Å². The summed E-state index contributed by atoms with van der Waals surface area (Å²) in [7, 11) is 3.02. The van der Waals surface area contributed by atoms with Crippen molar-refractivity contribution in [3.63, 3.8) is 0 Å². The van der Waals surface area contributed by atoms with Crippen molar-refractivity contribution in [1.29, 1.82) is 0 Å². The van der Waals surface area contributed by atoms with Crippen LogP contribution < -0.4 is 25.4 Å². The highest BCUT2D eigenvalue weighted by atomic mass is 79.9. The number of halogens is 2. The minimum atomic E-state index is -0.585. The molecular formula is C33H29BrFN3O5S. The fourth-order valence-electron chi connectivity index (χ4n) is 3.98. The Kier molecular flexibility index (Phi) is 11.2. The summed E-state index contributed by atoms with van der Waals surface area (Å²) in [6.45, 7) is 1.70. The largest absolute Gasteiger partial charge is 0.497 e. The van der Waals surface area contributed by atoms with Crippen LogP contribution in [0.5, 0.6) is 11.5 Å². The van der Waals surface area contributed by atoms with E-state index < -0.39 is 22.9 Å². The second kappa shape index (κ2) is 15.2. The highest BCUT2D eigenvalue weighted by Crippen LogP contribution is 2.29. The molecule has 0 aliphatic carbocycles. The molecule has 1 unspecified atom stereocenters. The van der Waals surface area contributed by atoms with Crippen LogP contribution in [-0.4, -0.2) is 37.2 Å².